The molecule has 33 heavy (non-hydrogen) atoms. The molecule has 1 saturated heterocycles. The molecule has 0 radical (unpaired) electrons. The number of nitrogens with one attached hydrogen (secondary N) is 4. The van der Waals surface area contributed by atoms with Gasteiger partial charge in [-0.05, 0) is 24.7 Å². The van der Waals surface area contributed by atoms with Crippen LogP contribution in [0.4, 0.5) is 8.78 Å². The number of nitriles is 1. The largest absolute Gasteiger partial charge is 0.356 e. The second-order valence-corrected chi connectivity index (χ2v) is 9.36. The maximum Gasteiger partial charge on any atom is 0.287 e. The Balaban J connectivity index is 1.74. The van der Waals surface area contributed by atoms with E-state index in [-0.39, 0.29) is 46.9 Å². The summed E-state index contributed by atoms with van der Waals surface area (Å²) in [7, 11) is 0. The topological polar surface area (TPSA) is 140 Å². The fourth-order valence-electron chi connectivity index (χ4n) is 3.73. The monoisotopic (exact) mass is 460 g/mol. The fourth-order valence-corrected chi connectivity index (χ4v) is 3.73. The van der Waals surface area contributed by atoms with Crippen molar-refractivity contribution < 1.29 is 23.2 Å². The molecule has 0 spiro atoms. The normalized spacial score (nSPS) is 17.8. The van der Waals surface area contributed by atoms with Crippen LogP contribution in [0.1, 0.15) is 50.7 Å². The second-order valence-electron chi connectivity index (χ2n) is 9.36. The number of aromatic nitrogens is 2. The molecule has 2 heterocycles. The molecule has 0 bridgehead atoms. The van der Waals surface area contributed by atoms with Gasteiger partial charge in [-0.15, -0.1) is 0 Å². The zero-order valence-corrected chi connectivity index (χ0v) is 18.6. The lowest BCUT2D eigenvalue weighted by Crippen LogP contribution is -2.51. The summed E-state index contributed by atoms with van der Waals surface area (Å²) in [5, 5.41) is 17.4. The fraction of sp³-hybridized carbons (Fsp3) is 0.500. The third kappa shape index (κ3) is 6.03. The third-order valence-corrected chi connectivity index (χ3v) is 5.33. The molecule has 4 N–H and O–H groups in total. The van der Waals surface area contributed by atoms with Crippen molar-refractivity contribution in [1.82, 2.24) is 25.9 Å². The summed E-state index contributed by atoms with van der Waals surface area (Å²) in [5.41, 5.74) is -0.159. The van der Waals surface area contributed by atoms with E-state index in [1.54, 1.807) is 0 Å². The van der Waals surface area contributed by atoms with Crippen LogP contribution in [0.15, 0.2) is 12.1 Å². The Hall–Kier alpha value is -3.55. The van der Waals surface area contributed by atoms with Gasteiger partial charge in [0.2, 0.25) is 11.8 Å². The number of hydrogen-bond donors (Lipinski definition) is 4. The van der Waals surface area contributed by atoms with Gasteiger partial charge in [0.05, 0.1) is 17.1 Å². The molecule has 1 aliphatic heterocycles. The number of halogens is 2. The Kier molecular flexibility index (Phi) is 6.95. The second kappa shape index (κ2) is 9.52. The molecule has 1 fully saturated rings. The molecule has 2 aromatic rings. The first kappa shape index (κ1) is 24.1. The van der Waals surface area contributed by atoms with Gasteiger partial charge in [0.25, 0.3) is 5.91 Å². The molecule has 9 nitrogen and oxygen atoms in total. The zero-order valence-electron chi connectivity index (χ0n) is 18.6. The lowest BCUT2D eigenvalue weighted by Gasteiger charge is -2.27. The Morgan fingerprint density at radius 2 is 1.97 bits per heavy atom. The summed E-state index contributed by atoms with van der Waals surface area (Å²) in [4.78, 5) is 44.1. The van der Waals surface area contributed by atoms with Crippen LogP contribution < -0.4 is 16.0 Å². The number of carbonyl (C=O) groups is 3. The van der Waals surface area contributed by atoms with Gasteiger partial charge in [-0.3, -0.25) is 14.4 Å². The van der Waals surface area contributed by atoms with E-state index in [0.717, 1.165) is 12.1 Å². The van der Waals surface area contributed by atoms with Crippen molar-refractivity contribution in [2.75, 3.05) is 6.54 Å². The van der Waals surface area contributed by atoms with E-state index in [2.05, 4.69) is 25.9 Å². The van der Waals surface area contributed by atoms with Gasteiger partial charge in [0.1, 0.15) is 12.1 Å². The summed E-state index contributed by atoms with van der Waals surface area (Å²) < 4.78 is 26.9. The minimum Gasteiger partial charge on any atom is -0.356 e. The summed E-state index contributed by atoms with van der Waals surface area (Å²) >= 11 is 0. The Morgan fingerprint density at radius 3 is 2.58 bits per heavy atom. The van der Waals surface area contributed by atoms with Crippen LogP contribution in [0, 0.1) is 34.3 Å². The van der Waals surface area contributed by atoms with Crippen molar-refractivity contribution in [3.63, 3.8) is 0 Å². The number of nitrogens with zero attached hydrogens (tertiary/aromatic N) is 2. The van der Waals surface area contributed by atoms with Gasteiger partial charge in [0.15, 0.2) is 17.5 Å². The van der Waals surface area contributed by atoms with E-state index in [1.807, 2.05) is 26.8 Å². The third-order valence-electron chi connectivity index (χ3n) is 5.33. The van der Waals surface area contributed by atoms with Gasteiger partial charge in [-0.1, -0.05) is 20.8 Å². The first-order valence-corrected chi connectivity index (χ1v) is 10.6. The molecule has 0 aliphatic carbocycles. The minimum atomic E-state index is -1.09. The number of H-pyrrole nitrogens is 1. The number of aromatic amines is 1. The summed E-state index contributed by atoms with van der Waals surface area (Å²) in [6.07, 6.45) is 1.00. The van der Waals surface area contributed by atoms with Crippen molar-refractivity contribution in [2.24, 2.45) is 11.3 Å². The first-order chi connectivity index (χ1) is 15.5. The highest BCUT2D eigenvalue weighted by Gasteiger charge is 2.32. The average molecular weight is 460 g/mol. The van der Waals surface area contributed by atoms with E-state index < -0.39 is 35.5 Å². The van der Waals surface area contributed by atoms with Crippen molar-refractivity contribution in [2.45, 2.75) is 52.1 Å². The highest BCUT2D eigenvalue weighted by atomic mass is 19.2. The molecule has 176 valence electrons. The van der Waals surface area contributed by atoms with Crippen LogP contribution >= 0.6 is 0 Å². The molecule has 1 aromatic heterocycles. The van der Waals surface area contributed by atoms with E-state index in [1.165, 1.54) is 0 Å². The highest BCUT2D eigenvalue weighted by molar-refractivity contribution is 5.97. The van der Waals surface area contributed by atoms with Gasteiger partial charge < -0.3 is 20.9 Å². The Morgan fingerprint density at radius 1 is 1.27 bits per heavy atom. The van der Waals surface area contributed by atoms with Crippen molar-refractivity contribution >= 4 is 28.8 Å². The summed E-state index contributed by atoms with van der Waals surface area (Å²) in [5.74, 6) is -4.20. The van der Waals surface area contributed by atoms with Crippen molar-refractivity contribution in [3.05, 3.63) is 29.6 Å². The van der Waals surface area contributed by atoms with Crippen LogP contribution in [0.5, 0.6) is 0 Å². The number of amides is 3. The van der Waals surface area contributed by atoms with Gasteiger partial charge in [-0.25, -0.2) is 13.8 Å². The van der Waals surface area contributed by atoms with Crippen molar-refractivity contribution in [1.29, 1.82) is 5.26 Å². The number of imidazole rings is 1. The number of rotatable bonds is 7. The lowest BCUT2D eigenvalue weighted by atomic mass is 9.87. The number of benzene rings is 1. The molecular weight excluding hydrogens is 434 g/mol. The first-order valence-electron chi connectivity index (χ1n) is 10.6. The minimum absolute atomic E-state index is 0.0651. The molecule has 11 heteroatoms. The number of carbonyl (C=O) groups excluding carboxylic acids is 3. The maximum absolute atomic E-state index is 13.5. The van der Waals surface area contributed by atoms with Gasteiger partial charge in [0, 0.05) is 24.6 Å². The lowest BCUT2D eigenvalue weighted by molar-refractivity contribution is -0.125. The summed E-state index contributed by atoms with van der Waals surface area (Å²) in [6, 6.07) is 1.85. The van der Waals surface area contributed by atoms with E-state index in [4.69, 9.17) is 0 Å². The SMILES string of the molecule is CC(C)(C)C[C@H](NC(=O)c1nc2cc(F)c(F)cc2[nH]1)C(=O)N[C@H](C#N)C[C@@H]1CCNC1=O. The molecule has 3 rings (SSSR count). The Labute approximate surface area is 189 Å². The predicted molar refractivity (Wildman–Crippen MR) is 115 cm³/mol. The van der Waals surface area contributed by atoms with Crippen LogP contribution in [0.2, 0.25) is 0 Å². The molecule has 3 amide bonds. The van der Waals surface area contributed by atoms with Crippen LogP contribution in [-0.2, 0) is 9.59 Å². The van der Waals surface area contributed by atoms with Gasteiger partial charge >= 0.3 is 0 Å². The van der Waals surface area contributed by atoms with Gasteiger partial charge in [-0.2, -0.15) is 5.26 Å². The molecular formula is C22H26F2N6O3. The maximum atomic E-state index is 13.5. The molecule has 1 aromatic carbocycles. The highest BCUT2D eigenvalue weighted by Crippen LogP contribution is 2.22. The number of fused-ring (bicyclic) bond motifs is 1. The van der Waals surface area contributed by atoms with Crippen LogP contribution in [0.25, 0.3) is 11.0 Å². The van der Waals surface area contributed by atoms with Crippen molar-refractivity contribution in [3.8, 4) is 6.07 Å². The zero-order chi connectivity index (χ0) is 24.3. The predicted octanol–water partition coefficient (Wildman–Crippen LogP) is 1.91. The van der Waals surface area contributed by atoms with E-state index in [9.17, 15) is 28.4 Å². The van der Waals surface area contributed by atoms with E-state index in [0.29, 0.717) is 13.0 Å². The average Bonchev–Trinajstić information content (AvgIpc) is 3.32. The molecule has 0 saturated carbocycles. The molecule has 3 atom stereocenters. The molecule has 1 aliphatic rings. The van der Waals surface area contributed by atoms with Crippen LogP contribution in [-0.4, -0.2) is 46.3 Å². The van der Waals surface area contributed by atoms with Crippen LogP contribution in [0.3, 0.4) is 0 Å². The Bertz CT molecular complexity index is 1080. The quantitative estimate of drug-likeness (QED) is 0.500. The summed E-state index contributed by atoms with van der Waals surface area (Å²) in [6.45, 7) is 6.19. The molecule has 0 unspecified atom stereocenters. The number of hydrogen-bond acceptors (Lipinski definition) is 5. The standard InChI is InChI=1S/C22H26F2N6O3/c1-22(2,3)9-17(20(32)27-12(10-25)6-11-4-5-26-19(11)31)30-21(33)18-28-15-7-13(23)14(24)8-16(15)29-18/h7-8,11-12,17H,4-6,9H2,1-3H3,(H,26,31)(H,27,32)(H,28,29)(H,30,33)/t11-,12-,17-/m0/s1. The smallest absolute Gasteiger partial charge is 0.287 e. The van der Waals surface area contributed by atoms with E-state index >= 15 is 0 Å².